The van der Waals surface area contributed by atoms with E-state index in [0.29, 0.717) is 0 Å². The second kappa shape index (κ2) is 6.62. The number of halogens is 1. The van der Waals surface area contributed by atoms with Crippen molar-refractivity contribution in [3.8, 4) is 16.9 Å². The zero-order valence-corrected chi connectivity index (χ0v) is 17.1. The van der Waals surface area contributed by atoms with Crippen LogP contribution in [0.1, 0.15) is 26.3 Å². The molecule has 0 atom stereocenters. The summed E-state index contributed by atoms with van der Waals surface area (Å²) in [6, 6.07) is 14.5. The molecule has 0 aliphatic carbocycles. The van der Waals surface area contributed by atoms with Crippen molar-refractivity contribution < 1.29 is 5.11 Å². The Morgan fingerprint density at radius 2 is 1.89 bits per heavy atom. The number of fused-ring (bicyclic) bond motifs is 1. The van der Waals surface area contributed by atoms with E-state index in [-0.39, 0.29) is 12.1 Å². The maximum absolute atomic E-state index is 9.69. The van der Waals surface area contributed by atoms with Gasteiger partial charge in [0.2, 0.25) is 0 Å². The molecule has 0 amide bonds. The van der Waals surface area contributed by atoms with E-state index in [1.54, 1.807) is 11.0 Å². The smallest absolute Gasteiger partial charge is 0.138 e. The number of aliphatic hydroxyl groups excluding tert-OH is 1. The van der Waals surface area contributed by atoms with Gasteiger partial charge in [-0.15, -0.1) is 0 Å². The van der Waals surface area contributed by atoms with Gasteiger partial charge in [-0.1, -0.05) is 22.0 Å². The van der Waals surface area contributed by atoms with Crippen molar-refractivity contribution in [2.75, 3.05) is 0 Å². The van der Waals surface area contributed by atoms with Gasteiger partial charge in [0.15, 0.2) is 0 Å². The van der Waals surface area contributed by atoms with E-state index >= 15 is 0 Å². The molecule has 2 aromatic carbocycles. The van der Waals surface area contributed by atoms with Gasteiger partial charge in [0.1, 0.15) is 12.7 Å². The third-order valence-corrected chi connectivity index (χ3v) is 5.11. The van der Waals surface area contributed by atoms with Gasteiger partial charge in [0.05, 0.1) is 18.0 Å². The molecule has 0 radical (unpaired) electrons. The van der Waals surface area contributed by atoms with E-state index < -0.39 is 0 Å². The Kier molecular flexibility index (Phi) is 4.40. The number of hydrogen-bond donors (Lipinski definition) is 1. The second-order valence-corrected chi connectivity index (χ2v) is 8.50. The standard InChI is InChI=1S/C21H21BrN4O/c1-21(2,3)26-18-7-5-16(22)9-15(18)10-20(26)17-8-14(11-27)4-6-19(17)25-13-23-12-24-25/h4-10,12-13,27H,11H2,1-3H3. The number of nitrogens with zero attached hydrogens (tertiary/aromatic N) is 4. The first-order valence-corrected chi connectivity index (χ1v) is 9.58. The van der Waals surface area contributed by atoms with Crippen LogP contribution in [0.15, 0.2) is 59.6 Å². The van der Waals surface area contributed by atoms with Crippen LogP contribution in [0.3, 0.4) is 0 Å². The molecule has 5 nitrogen and oxygen atoms in total. The second-order valence-electron chi connectivity index (χ2n) is 7.59. The fourth-order valence-corrected chi connectivity index (χ4v) is 3.91. The molecule has 2 aromatic heterocycles. The molecule has 0 fully saturated rings. The Labute approximate surface area is 166 Å². The van der Waals surface area contributed by atoms with Crippen molar-refractivity contribution in [1.29, 1.82) is 0 Å². The molecular weight excluding hydrogens is 404 g/mol. The molecule has 4 rings (SSSR count). The zero-order valence-electron chi connectivity index (χ0n) is 15.5. The van der Waals surface area contributed by atoms with Crippen molar-refractivity contribution >= 4 is 26.8 Å². The fraction of sp³-hybridized carbons (Fsp3) is 0.238. The Morgan fingerprint density at radius 1 is 1.07 bits per heavy atom. The molecule has 4 aromatic rings. The van der Waals surface area contributed by atoms with Gasteiger partial charge in [-0.05, 0) is 62.7 Å². The fourth-order valence-electron chi connectivity index (χ4n) is 3.53. The van der Waals surface area contributed by atoms with E-state index in [4.69, 9.17) is 0 Å². The highest BCUT2D eigenvalue weighted by atomic mass is 79.9. The van der Waals surface area contributed by atoms with Crippen LogP contribution in [0.5, 0.6) is 0 Å². The summed E-state index contributed by atoms with van der Waals surface area (Å²) in [7, 11) is 0. The van der Waals surface area contributed by atoms with Crippen molar-refractivity contribution in [3.05, 3.63) is 65.2 Å². The van der Waals surface area contributed by atoms with E-state index in [2.05, 4.69) is 75.6 Å². The Hall–Kier alpha value is -2.44. The van der Waals surface area contributed by atoms with E-state index in [1.165, 1.54) is 11.8 Å². The lowest BCUT2D eigenvalue weighted by molar-refractivity contribution is 0.282. The van der Waals surface area contributed by atoms with Crippen LogP contribution in [0.4, 0.5) is 0 Å². The Bertz CT molecular complexity index is 1110. The van der Waals surface area contributed by atoms with Crippen LogP contribution >= 0.6 is 15.9 Å². The lowest BCUT2D eigenvalue weighted by atomic mass is 10.0. The predicted molar refractivity (Wildman–Crippen MR) is 111 cm³/mol. The summed E-state index contributed by atoms with van der Waals surface area (Å²) in [5.74, 6) is 0. The van der Waals surface area contributed by atoms with Crippen LogP contribution < -0.4 is 0 Å². The summed E-state index contributed by atoms with van der Waals surface area (Å²) in [4.78, 5) is 4.09. The van der Waals surface area contributed by atoms with Crippen LogP contribution in [-0.4, -0.2) is 24.4 Å². The normalized spacial score (nSPS) is 12.0. The maximum atomic E-state index is 9.69. The van der Waals surface area contributed by atoms with Gasteiger partial charge in [0.25, 0.3) is 0 Å². The van der Waals surface area contributed by atoms with Gasteiger partial charge < -0.3 is 9.67 Å². The minimum absolute atomic E-state index is 0.00800. The number of hydrogen-bond acceptors (Lipinski definition) is 3. The van der Waals surface area contributed by atoms with Gasteiger partial charge in [-0.3, -0.25) is 0 Å². The average Bonchev–Trinajstić information content (AvgIpc) is 3.27. The first-order valence-electron chi connectivity index (χ1n) is 8.79. The first kappa shape index (κ1) is 17.9. The largest absolute Gasteiger partial charge is 0.392 e. The quantitative estimate of drug-likeness (QED) is 0.508. The van der Waals surface area contributed by atoms with Gasteiger partial charge >= 0.3 is 0 Å². The van der Waals surface area contributed by atoms with Gasteiger partial charge in [-0.25, -0.2) is 9.67 Å². The highest BCUT2D eigenvalue weighted by molar-refractivity contribution is 9.10. The van der Waals surface area contributed by atoms with Crippen LogP contribution in [0.25, 0.3) is 27.8 Å². The molecule has 0 aliphatic rings. The van der Waals surface area contributed by atoms with Gasteiger partial charge in [0, 0.05) is 26.5 Å². The summed E-state index contributed by atoms with van der Waals surface area (Å²) in [5, 5.41) is 15.2. The molecule has 0 saturated heterocycles. The molecule has 0 spiro atoms. The third-order valence-electron chi connectivity index (χ3n) is 4.62. The number of aliphatic hydroxyl groups is 1. The molecule has 0 aliphatic heterocycles. The molecule has 6 heteroatoms. The van der Waals surface area contributed by atoms with Crippen molar-refractivity contribution in [2.45, 2.75) is 32.9 Å². The minimum Gasteiger partial charge on any atom is -0.392 e. The molecular formula is C21H21BrN4O. The van der Waals surface area contributed by atoms with Crippen LogP contribution in [-0.2, 0) is 12.1 Å². The van der Waals surface area contributed by atoms with Crippen LogP contribution in [0.2, 0.25) is 0 Å². The highest BCUT2D eigenvalue weighted by Crippen LogP contribution is 2.37. The van der Waals surface area contributed by atoms with E-state index in [0.717, 1.165) is 32.4 Å². The number of aromatic nitrogens is 4. The van der Waals surface area contributed by atoms with E-state index in [1.807, 2.05) is 18.2 Å². The number of benzene rings is 2. The lowest BCUT2D eigenvalue weighted by Crippen LogP contribution is -2.22. The highest BCUT2D eigenvalue weighted by Gasteiger charge is 2.23. The predicted octanol–water partition coefficient (Wildman–Crippen LogP) is 4.90. The monoisotopic (exact) mass is 424 g/mol. The molecule has 2 heterocycles. The molecule has 0 saturated carbocycles. The van der Waals surface area contributed by atoms with Crippen LogP contribution in [0, 0.1) is 0 Å². The van der Waals surface area contributed by atoms with Gasteiger partial charge in [-0.2, -0.15) is 5.10 Å². The summed E-state index contributed by atoms with van der Waals surface area (Å²) in [6.07, 6.45) is 3.22. The molecule has 1 N–H and O–H groups in total. The summed E-state index contributed by atoms with van der Waals surface area (Å²) in [6.45, 7) is 6.58. The summed E-state index contributed by atoms with van der Waals surface area (Å²) < 4.78 is 5.15. The maximum Gasteiger partial charge on any atom is 0.138 e. The molecule has 138 valence electrons. The SMILES string of the molecule is CC(C)(C)n1c(-c2cc(CO)ccc2-n2cncn2)cc2cc(Br)ccc21. The zero-order chi connectivity index (χ0) is 19.2. The summed E-state index contributed by atoms with van der Waals surface area (Å²) in [5.41, 5.74) is 4.92. The Balaban J connectivity index is 2.08. The third kappa shape index (κ3) is 3.19. The minimum atomic E-state index is -0.125. The molecule has 0 bridgehead atoms. The molecule has 0 unspecified atom stereocenters. The number of rotatable bonds is 3. The van der Waals surface area contributed by atoms with Crippen molar-refractivity contribution in [3.63, 3.8) is 0 Å². The lowest BCUT2D eigenvalue weighted by Gasteiger charge is -2.27. The van der Waals surface area contributed by atoms with Crippen molar-refractivity contribution in [1.82, 2.24) is 19.3 Å². The summed E-state index contributed by atoms with van der Waals surface area (Å²) >= 11 is 3.58. The van der Waals surface area contributed by atoms with E-state index in [9.17, 15) is 5.11 Å². The van der Waals surface area contributed by atoms with Crippen molar-refractivity contribution in [2.24, 2.45) is 0 Å². The topological polar surface area (TPSA) is 55.9 Å². The average molecular weight is 425 g/mol. The first-order chi connectivity index (χ1) is 12.9. The Morgan fingerprint density at radius 3 is 2.56 bits per heavy atom. The molecule has 27 heavy (non-hydrogen) atoms.